The zero-order valence-corrected chi connectivity index (χ0v) is 37.2. The second-order valence-corrected chi connectivity index (χ2v) is 17.4. The average molecular weight is 803 g/mol. The van der Waals surface area contributed by atoms with E-state index in [9.17, 15) is 24.0 Å². The Labute approximate surface area is 342 Å². The van der Waals surface area contributed by atoms with E-state index in [0.717, 1.165) is 5.56 Å². The Morgan fingerprint density at radius 1 is 0.930 bits per heavy atom. The maximum absolute atomic E-state index is 14.3. The van der Waals surface area contributed by atoms with Crippen LogP contribution in [0.2, 0.25) is 0 Å². The predicted octanol–water partition coefficient (Wildman–Crippen LogP) is 3.39. The monoisotopic (exact) mass is 803 g/mol. The van der Waals surface area contributed by atoms with E-state index < -0.39 is 65.9 Å². The number of likely N-dealkylation sites (N-methyl/N-ethyl adjacent to an activating group) is 2. The SMILES string of the molecule is CC[C@H](C)[C@@H]([C@@H](CC(=O)N1CCC[C@H]1[C@H](OC)[C@@H](C)C(=O)N[C@@H](Cc1ccccc1)C(=O)OC(C)(C)C)OC)N(C)C(=O)[C@@H](NC(=O)C(C(C)C)N(C)C)[C@H](C)N. The summed E-state index contributed by atoms with van der Waals surface area (Å²) in [6, 6.07) is 5.40. The minimum Gasteiger partial charge on any atom is -0.458 e. The van der Waals surface area contributed by atoms with Crippen molar-refractivity contribution >= 4 is 29.6 Å². The van der Waals surface area contributed by atoms with Crippen molar-refractivity contribution in [2.45, 2.75) is 148 Å². The minimum absolute atomic E-state index is 0.00316. The van der Waals surface area contributed by atoms with Gasteiger partial charge in [0, 0.05) is 40.3 Å². The van der Waals surface area contributed by atoms with Gasteiger partial charge in [0.25, 0.3) is 0 Å². The van der Waals surface area contributed by atoms with Crippen molar-refractivity contribution in [2.24, 2.45) is 23.5 Å². The second kappa shape index (κ2) is 22.5. The molecule has 0 aliphatic carbocycles. The van der Waals surface area contributed by atoms with Crippen LogP contribution in [0.15, 0.2) is 30.3 Å². The fraction of sp³-hybridized carbons (Fsp3) is 0.744. The van der Waals surface area contributed by atoms with Crippen LogP contribution in [0.5, 0.6) is 0 Å². The summed E-state index contributed by atoms with van der Waals surface area (Å²) in [6.07, 6.45) is 0.886. The van der Waals surface area contributed by atoms with Crippen molar-refractivity contribution in [3.8, 4) is 0 Å². The highest BCUT2D eigenvalue weighted by atomic mass is 16.6. The van der Waals surface area contributed by atoms with Crippen LogP contribution in [0.4, 0.5) is 0 Å². The number of carbonyl (C=O) groups excluding carboxylic acids is 5. The Balaban J connectivity index is 2.32. The molecule has 324 valence electrons. The van der Waals surface area contributed by atoms with Gasteiger partial charge in [-0.1, -0.05) is 71.4 Å². The molecule has 0 bridgehead atoms. The third-order valence-electron chi connectivity index (χ3n) is 11.1. The highest BCUT2D eigenvalue weighted by Gasteiger charge is 2.43. The molecule has 0 spiro atoms. The Hall–Kier alpha value is -3.59. The van der Waals surface area contributed by atoms with E-state index in [2.05, 4.69) is 10.6 Å². The Kier molecular flexibility index (Phi) is 19.6. The molecule has 14 heteroatoms. The lowest BCUT2D eigenvalue weighted by molar-refractivity contribution is -0.159. The molecule has 1 aliphatic heterocycles. The van der Waals surface area contributed by atoms with E-state index in [1.807, 2.05) is 77.0 Å². The summed E-state index contributed by atoms with van der Waals surface area (Å²) in [6.45, 7) is 17.2. The van der Waals surface area contributed by atoms with Crippen LogP contribution in [0.3, 0.4) is 0 Å². The van der Waals surface area contributed by atoms with Gasteiger partial charge >= 0.3 is 5.97 Å². The van der Waals surface area contributed by atoms with Crippen molar-refractivity contribution in [1.82, 2.24) is 25.3 Å². The van der Waals surface area contributed by atoms with Crippen molar-refractivity contribution in [3.05, 3.63) is 35.9 Å². The van der Waals surface area contributed by atoms with E-state index in [1.54, 1.807) is 51.5 Å². The summed E-state index contributed by atoms with van der Waals surface area (Å²) >= 11 is 0. The topological polar surface area (TPSA) is 173 Å². The number of amides is 4. The van der Waals surface area contributed by atoms with Gasteiger partial charge in [0.05, 0.1) is 42.7 Å². The largest absolute Gasteiger partial charge is 0.458 e. The van der Waals surface area contributed by atoms with Gasteiger partial charge in [0.1, 0.15) is 17.7 Å². The molecule has 4 N–H and O–H groups in total. The summed E-state index contributed by atoms with van der Waals surface area (Å²) in [5.41, 5.74) is 6.45. The minimum atomic E-state index is -0.996. The molecule has 1 unspecified atom stereocenters. The van der Waals surface area contributed by atoms with Gasteiger partial charge in [-0.25, -0.2) is 4.79 Å². The first-order valence-electron chi connectivity index (χ1n) is 20.5. The molecule has 1 aromatic rings. The van der Waals surface area contributed by atoms with Gasteiger partial charge < -0.3 is 40.4 Å². The van der Waals surface area contributed by atoms with Crippen LogP contribution in [-0.4, -0.2) is 140 Å². The number of benzene rings is 1. The number of hydrogen-bond donors (Lipinski definition) is 3. The molecule has 0 aromatic heterocycles. The lowest BCUT2D eigenvalue weighted by Gasteiger charge is -2.41. The van der Waals surface area contributed by atoms with Crippen molar-refractivity contribution < 1.29 is 38.2 Å². The van der Waals surface area contributed by atoms with Gasteiger partial charge in [-0.15, -0.1) is 0 Å². The molecule has 57 heavy (non-hydrogen) atoms. The highest BCUT2D eigenvalue weighted by Crippen LogP contribution is 2.30. The Bertz CT molecular complexity index is 1440. The number of likely N-dealkylation sites (tertiary alicyclic amines) is 1. The fourth-order valence-corrected chi connectivity index (χ4v) is 8.03. The summed E-state index contributed by atoms with van der Waals surface area (Å²) in [7, 11) is 8.37. The number of nitrogens with two attached hydrogens (primary N) is 1. The molecule has 1 saturated heterocycles. The number of esters is 1. The number of nitrogens with zero attached hydrogens (tertiary/aromatic N) is 3. The first-order chi connectivity index (χ1) is 26.6. The summed E-state index contributed by atoms with van der Waals surface area (Å²) < 4.78 is 17.7. The summed E-state index contributed by atoms with van der Waals surface area (Å²) in [5.74, 6) is -2.57. The van der Waals surface area contributed by atoms with Crippen LogP contribution in [-0.2, 0) is 44.6 Å². The number of rotatable bonds is 21. The van der Waals surface area contributed by atoms with Gasteiger partial charge in [0.15, 0.2) is 0 Å². The fourth-order valence-electron chi connectivity index (χ4n) is 8.03. The average Bonchev–Trinajstić information content (AvgIpc) is 3.62. The molecule has 0 radical (unpaired) electrons. The predicted molar refractivity (Wildman–Crippen MR) is 222 cm³/mol. The number of carbonyl (C=O) groups is 5. The second-order valence-electron chi connectivity index (χ2n) is 17.4. The zero-order chi connectivity index (χ0) is 43.4. The number of ether oxygens (including phenoxy) is 3. The van der Waals surface area contributed by atoms with Gasteiger partial charge in [-0.3, -0.25) is 24.1 Å². The zero-order valence-electron chi connectivity index (χ0n) is 37.2. The van der Waals surface area contributed by atoms with Crippen LogP contribution in [0.25, 0.3) is 0 Å². The molecule has 14 nitrogen and oxygen atoms in total. The lowest BCUT2D eigenvalue weighted by Crippen LogP contribution is -2.62. The highest BCUT2D eigenvalue weighted by molar-refractivity contribution is 5.91. The quantitative estimate of drug-likeness (QED) is 0.157. The number of hydrogen-bond acceptors (Lipinski definition) is 10. The molecule has 0 saturated carbocycles. The van der Waals surface area contributed by atoms with Gasteiger partial charge in [-0.05, 0) is 72.0 Å². The van der Waals surface area contributed by atoms with E-state index >= 15 is 0 Å². The van der Waals surface area contributed by atoms with Crippen LogP contribution < -0.4 is 16.4 Å². The maximum Gasteiger partial charge on any atom is 0.329 e. The van der Waals surface area contributed by atoms with Crippen LogP contribution >= 0.6 is 0 Å². The third kappa shape index (κ3) is 14.0. The van der Waals surface area contributed by atoms with Crippen LogP contribution in [0.1, 0.15) is 93.6 Å². The summed E-state index contributed by atoms with van der Waals surface area (Å²) in [4.78, 5) is 74.2. The Morgan fingerprint density at radius 2 is 1.54 bits per heavy atom. The normalized spacial score (nSPS) is 19.5. The molecule has 1 fully saturated rings. The van der Waals surface area contributed by atoms with E-state index in [4.69, 9.17) is 19.9 Å². The van der Waals surface area contributed by atoms with Gasteiger partial charge in [0.2, 0.25) is 23.6 Å². The number of methoxy groups -OCH3 is 2. The molecular weight excluding hydrogens is 729 g/mol. The molecule has 1 aromatic carbocycles. The third-order valence-corrected chi connectivity index (χ3v) is 11.1. The summed E-state index contributed by atoms with van der Waals surface area (Å²) in [5, 5.41) is 5.83. The van der Waals surface area contributed by atoms with Crippen LogP contribution in [0, 0.1) is 17.8 Å². The first-order valence-corrected chi connectivity index (χ1v) is 20.5. The van der Waals surface area contributed by atoms with E-state index in [1.165, 1.54) is 14.2 Å². The lowest BCUT2D eigenvalue weighted by atomic mass is 9.89. The van der Waals surface area contributed by atoms with E-state index in [-0.39, 0.29) is 48.3 Å². The molecule has 1 aliphatic rings. The van der Waals surface area contributed by atoms with Crippen molar-refractivity contribution in [1.29, 1.82) is 0 Å². The molecule has 10 atom stereocenters. The number of nitrogens with one attached hydrogen (secondary N) is 2. The smallest absolute Gasteiger partial charge is 0.329 e. The molecule has 2 rings (SSSR count). The molecule has 1 heterocycles. The van der Waals surface area contributed by atoms with E-state index in [0.29, 0.717) is 25.8 Å². The van der Waals surface area contributed by atoms with Crippen molar-refractivity contribution in [3.63, 3.8) is 0 Å². The van der Waals surface area contributed by atoms with Gasteiger partial charge in [-0.2, -0.15) is 0 Å². The first kappa shape index (κ1) is 49.6. The standard InChI is InChI=1S/C43H74N6O8/c1-15-27(4)37(48(12)41(53)35(29(6)44)46-40(52)36(26(2)3)47(10)11)33(55-13)25-34(50)49-23-19-22-32(49)38(56-14)28(5)39(51)45-31(42(54)57-43(7,8)9)24-30-20-17-16-18-21-30/h16-18,20-21,26-29,31-33,35-38H,15,19,22-25,44H2,1-14H3,(H,45,51)(H,46,52)/t27-,28+,29-,31-,32-,33+,35-,36?,37-,38+/m0/s1. The molecular formula is C43H74N6O8. The molecule has 4 amide bonds. The maximum atomic E-state index is 14.3. The van der Waals surface area contributed by atoms with Crippen molar-refractivity contribution in [2.75, 3.05) is 41.9 Å². The Morgan fingerprint density at radius 3 is 2.04 bits per heavy atom.